The summed E-state index contributed by atoms with van der Waals surface area (Å²) in [7, 11) is 4.88. The van der Waals surface area contributed by atoms with Crippen LogP contribution in [-0.2, 0) is 4.79 Å². The molecule has 0 atom stereocenters. The van der Waals surface area contributed by atoms with Gasteiger partial charge in [-0.15, -0.1) is 0 Å². The second-order valence-corrected chi connectivity index (χ2v) is 5.73. The van der Waals surface area contributed by atoms with Crippen LogP contribution in [0, 0.1) is 6.92 Å². The average molecular weight is 352 g/mol. The number of hydrogen-bond donors (Lipinski definition) is 0. The number of carbonyl (C=O) groups is 1. The molecule has 2 heterocycles. The summed E-state index contributed by atoms with van der Waals surface area (Å²) < 4.78 is 12.4. The molecule has 0 saturated heterocycles. The van der Waals surface area contributed by atoms with Gasteiger partial charge >= 0.3 is 0 Å². The Labute approximate surface area is 151 Å². The van der Waals surface area contributed by atoms with Gasteiger partial charge in [0.2, 0.25) is 5.91 Å². The van der Waals surface area contributed by atoms with E-state index >= 15 is 0 Å². The molecule has 7 heteroatoms. The number of hydrogen-bond acceptors (Lipinski definition) is 5. The summed E-state index contributed by atoms with van der Waals surface area (Å²) in [6.45, 7) is 5.41. The number of ether oxygens (including phenoxy) is 2. The fourth-order valence-corrected chi connectivity index (χ4v) is 2.68. The third kappa shape index (κ3) is 2.99. The first-order valence-corrected chi connectivity index (χ1v) is 7.97. The molecule has 0 saturated carbocycles. The third-order valence-electron chi connectivity index (χ3n) is 4.17. The van der Waals surface area contributed by atoms with Crippen molar-refractivity contribution in [3.8, 4) is 17.2 Å². The van der Waals surface area contributed by atoms with Crippen LogP contribution in [-0.4, -0.2) is 41.9 Å². The minimum atomic E-state index is -0.200. The zero-order valence-corrected chi connectivity index (χ0v) is 15.2. The Bertz CT molecular complexity index is 972. The van der Waals surface area contributed by atoms with Crippen LogP contribution in [0.2, 0.25) is 0 Å². The van der Waals surface area contributed by atoms with Crippen LogP contribution in [0.1, 0.15) is 5.69 Å². The van der Waals surface area contributed by atoms with Crippen molar-refractivity contribution < 1.29 is 14.3 Å². The highest BCUT2D eigenvalue weighted by atomic mass is 16.5. The lowest BCUT2D eigenvalue weighted by molar-refractivity contribution is -0.113. The van der Waals surface area contributed by atoms with Crippen LogP contribution in [0.15, 0.2) is 43.1 Å². The highest BCUT2D eigenvalue weighted by molar-refractivity contribution is 6.01. The molecular weight excluding hydrogens is 332 g/mol. The second-order valence-electron chi connectivity index (χ2n) is 5.73. The summed E-state index contributed by atoms with van der Waals surface area (Å²) in [6.07, 6.45) is 2.90. The lowest BCUT2D eigenvalue weighted by Crippen LogP contribution is -2.23. The van der Waals surface area contributed by atoms with Crippen molar-refractivity contribution >= 4 is 22.6 Å². The highest BCUT2D eigenvalue weighted by Gasteiger charge is 2.15. The quantitative estimate of drug-likeness (QED) is 0.661. The van der Waals surface area contributed by atoms with Crippen molar-refractivity contribution in [3.05, 3.63) is 48.8 Å². The van der Waals surface area contributed by atoms with Crippen molar-refractivity contribution in [1.29, 1.82) is 0 Å². The lowest BCUT2D eigenvalue weighted by atomic mass is 10.2. The number of aromatic nitrogens is 3. The Hall–Kier alpha value is -3.35. The average Bonchev–Trinajstić information content (AvgIpc) is 3.02. The summed E-state index contributed by atoms with van der Waals surface area (Å²) >= 11 is 0. The maximum atomic E-state index is 11.8. The monoisotopic (exact) mass is 352 g/mol. The number of benzene rings is 1. The highest BCUT2D eigenvalue weighted by Crippen LogP contribution is 2.29. The van der Waals surface area contributed by atoms with Crippen molar-refractivity contribution in [2.45, 2.75) is 6.92 Å². The first kappa shape index (κ1) is 17.5. The van der Waals surface area contributed by atoms with Gasteiger partial charge in [-0.25, -0.2) is 9.67 Å². The zero-order chi connectivity index (χ0) is 18.8. The van der Waals surface area contributed by atoms with E-state index in [1.54, 1.807) is 38.2 Å². The maximum Gasteiger partial charge on any atom is 0.250 e. The molecule has 3 aromatic rings. The SMILES string of the molecule is C=CC(=O)N(C)c1cnc2c(c1)c(C)nn2-c1cc(OC)cc(OC)c1. The molecule has 0 bridgehead atoms. The molecule has 0 aliphatic carbocycles. The molecule has 0 unspecified atom stereocenters. The van der Waals surface area contributed by atoms with Gasteiger partial charge in [0, 0.05) is 30.6 Å². The second kappa shape index (κ2) is 6.87. The number of amides is 1. The molecule has 2 aromatic heterocycles. The molecule has 0 aliphatic heterocycles. The Kier molecular flexibility index (Phi) is 4.62. The van der Waals surface area contributed by atoms with Gasteiger partial charge in [0.15, 0.2) is 5.65 Å². The van der Waals surface area contributed by atoms with E-state index in [0.29, 0.717) is 22.8 Å². The Morgan fingerprint density at radius 1 is 1.19 bits per heavy atom. The topological polar surface area (TPSA) is 69.5 Å². The molecule has 1 amide bonds. The number of aryl methyl sites for hydroxylation is 1. The Morgan fingerprint density at radius 2 is 1.85 bits per heavy atom. The van der Waals surface area contributed by atoms with E-state index < -0.39 is 0 Å². The van der Waals surface area contributed by atoms with E-state index in [-0.39, 0.29) is 5.91 Å². The molecule has 0 spiro atoms. The van der Waals surface area contributed by atoms with Crippen LogP contribution < -0.4 is 14.4 Å². The van der Waals surface area contributed by atoms with Crippen LogP contribution in [0.4, 0.5) is 5.69 Å². The summed E-state index contributed by atoms with van der Waals surface area (Å²) in [6, 6.07) is 7.40. The van der Waals surface area contributed by atoms with Gasteiger partial charge in [0.1, 0.15) is 11.5 Å². The fourth-order valence-electron chi connectivity index (χ4n) is 2.68. The van der Waals surface area contributed by atoms with Crippen LogP contribution >= 0.6 is 0 Å². The number of anilines is 1. The predicted octanol–water partition coefficient (Wildman–Crippen LogP) is 2.89. The molecule has 0 radical (unpaired) electrons. The van der Waals surface area contributed by atoms with Crippen molar-refractivity contribution in [2.75, 3.05) is 26.2 Å². The summed E-state index contributed by atoms with van der Waals surface area (Å²) in [5.41, 5.74) is 2.93. The largest absolute Gasteiger partial charge is 0.497 e. The number of likely N-dealkylation sites (N-methyl/N-ethyl adjacent to an activating group) is 1. The first-order valence-electron chi connectivity index (χ1n) is 7.97. The zero-order valence-electron chi connectivity index (χ0n) is 15.2. The van der Waals surface area contributed by atoms with Gasteiger partial charge in [-0.1, -0.05) is 6.58 Å². The molecule has 134 valence electrons. The van der Waals surface area contributed by atoms with Gasteiger partial charge in [-0.3, -0.25) is 4.79 Å². The van der Waals surface area contributed by atoms with Crippen molar-refractivity contribution in [2.24, 2.45) is 0 Å². The van der Waals surface area contributed by atoms with E-state index in [1.165, 1.54) is 11.0 Å². The number of carbonyl (C=O) groups excluding carboxylic acids is 1. The fraction of sp³-hybridized carbons (Fsp3) is 0.211. The van der Waals surface area contributed by atoms with E-state index in [0.717, 1.165) is 16.8 Å². The normalized spacial score (nSPS) is 10.6. The Balaban J connectivity index is 2.15. The van der Waals surface area contributed by atoms with Crippen LogP contribution in [0.3, 0.4) is 0 Å². The molecule has 7 nitrogen and oxygen atoms in total. The minimum Gasteiger partial charge on any atom is -0.497 e. The summed E-state index contributed by atoms with van der Waals surface area (Å²) in [5, 5.41) is 5.45. The lowest BCUT2D eigenvalue weighted by Gasteiger charge is -2.14. The maximum absolute atomic E-state index is 11.8. The smallest absolute Gasteiger partial charge is 0.250 e. The van der Waals surface area contributed by atoms with Crippen molar-refractivity contribution in [1.82, 2.24) is 14.8 Å². The number of nitrogens with zero attached hydrogens (tertiary/aromatic N) is 4. The molecule has 1 aromatic carbocycles. The molecular formula is C19H20N4O3. The van der Waals surface area contributed by atoms with Crippen LogP contribution in [0.5, 0.6) is 11.5 Å². The number of methoxy groups -OCH3 is 2. The van der Waals surface area contributed by atoms with E-state index in [9.17, 15) is 4.79 Å². The number of pyridine rings is 1. The van der Waals surface area contributed by atoms with E-state index in [1.807, 2.05) is 25.1 Å². The minimum absolute atomic E-state index is 0.200. The van der Waals surface area contributed by atoms with Crippen LogP contribution in [0.25, 0.3) is 16.7 Å². The van der Waals surface area contributed by atoms with E-state index in [4.69, 9.17) is 9.47 Å². The number of rotatable bonds is 5. The molecule has 0 fully saturated rings. The molecule has 0 aliphatic rings. The third-order valence-corrected chi connectivity index (χ3v) is 4.17. The molecule has 3 rings (SSSR count). The summed E-state index contributed by atoms with van der Waals surface area (Å²) in [5.74, 6) is 1.12. The van der Waals surface area contributed by atoms with Gasteiger partial charge < -0.3 is 14.4 Å². The van der Waals surface area contributed by atoms with Gasteiger partial charge in [-0.2, -0.15) is 5.10 Å². The first-order chi connectivity index (χ1) is 12.5. The van der Waals surface area contributed by atoms with Crippen molar-refractivity contribution in [3.63, 3.8) is 0 Å². The predicted molar refractivity (Wildman–Crippen MR) is 100 cm³/mol. The number of fused-ring (bicyclic) bond motifs is 1. The molecule has 0 N–H and O–H groups in total. The van der Waals surface area contributed by atoms with Gasteiger partial charge in [0.05, 0.1) is 37.5 Å². The van der Waals surface area contributed by atoms with E-state index in [2.05, 4.69) is 16.7 Å². The Morgan fingerprint density at radius 3 is 2.42 bits per heavy atom. The standard InChI is InChI=1S/C19H20N4O3/c1-6-18(24)22(3)14-9-17-12(2)21-23(19(17)20-11-14)13-7-15(25-4)10-16(8-13)26-5/h6-11H,1H2,2-5H3. The van der Waals surface area contributed by atoms with Gasteiger partial charge in [-0.05, 0) is 19.1 Å². The molecule has 26 heavy (non-hydrogen) atoms. The summed E-state index contributed by atoms with van der Waals surface area (Å²) in [4.78, 5) is 17.8. The van der Waals surface area contributed by atoms with Gasteiger partial charge in [0.25, 0.3) is 0 Å².